The molecular formula is C24H41NO6. The van der Waals surface area contributed by atoms with Gasteiger partial charge in [0.1, 0.15) is 18.2 Å². The van der Waals surface area contributed by atoms with Crippen LogP contribution in [0.5, 0.6) is 0 Å². The molecule has 0 aromatic rings. The Balaban J connectivity index is 2.53. The number of carbonyl (C=O) groups is 3. The number of hydrogen-bond acceptors (Lipinski definition) is 6. The van der Waals surface area contributed by atoms with Crippen LogP contribution in [0, 0.1) is 5.92 Å². The SMILES string of the molecule is CCCCCC[C@@H]1C(=O)OC1CC(CC/C=C/COCCCC)OC(=O)[C@H](C)NC=O. The van der Waals surface area contributed by atoms with Gasteiger partial charge < -0.3 is 19.5 Å². The Morgan fingerprint density at radius 2 is 1.94 bits per heavy atom. The number of amides is 1. The summed E-state index contributed by atoms with van der Waals surface area (Å²) in [6.07, 6.45) is 13.2. The summed E-state index contributed by atoms with van der Waals surface area (Å²) in [7, 11) is 0. The fourth-order valence-electron chi connectivity index (χ4n) is 3.49. The molecule has 1 aliphatic rings. The smallest absolute Gasteiger partial charge is 0.328 e. The van der Waals surface area contributed by atoms with Crippen LogP contribution in [-0.2, 0) is 28.6 Å². The van der Waals surface area contributed by atoms with Crippen LogP contribution in [0.2, 0.25) is 0 Å². The monoisotopic (exact) mass is 439 g/mol. The quantitative estimate of drug-likeness (QED) is 0.141. The van der Waals surface area contributed by atoms with Crippen molar-refractivity contribution in [3.05, 3.63) is 12.2 Å². The van der Waals surface area contributed by atoms with Crippen molar-refractivity contribution in [2.45, 2.75) is 103 Å². The van der Waals surface area contributed by atoms with Crippen LogP contribution in [0.3, 0.4) is 0 Å². The lowest BCUT2D eigenvalue weighted by Gasteiger charge is -2.37. The molecule has 1 amide bonds. The Morgan fingerprint density at radius 3 is 2.61 bits per heavy atom. The highest BCUT2D eigenvalue weighted by Crippen LogP contribution is 2.32. The van der Waals surface area contributed by atoms with Gasteiger partial charge in [0.25, 0.3) is 0 Å². The second-order valence-electron chi connectivity index (χ2n) is 8.21. The first-order valence-electron chi connectivity index (χ1n) is 11.9. The van der Waals surface area contributed by atoms with E-state index in [0.29, 0.717) is 25.9 Å². The minimum atomic E-state index is -0.712. The minimum absolute atomic E-state index is 0.105. The van der Waals surface area contributed by atoms with E-state index in [0.717, 1.165) is 51.6 Å². The lowest BCUT2D eigenvalue weighted by atomic mass is 9.86. The Hall–Kier alpha value is -1.89. The number of unbranched alkanes of at least 4 members (excludes halogenated alkanes) is 4. The zero-order valence-electron chi connectivity index (χ0n) is 19.5. The largest absolute Gasteiger partial charge is 0.461 e. The van der Waals surface area contributed by atoms with E-state index in [2.05, 4.69) is 19.2 Å². The van der Waals surface area contributed by atoms with Gasteiger partial charge in [0.15, 0.2) is 0 Å². The molecule has 7 nitrogen and oxygen atoms in total. The number of hydrogen-bond donors (Lipinski definition) is 1. The van der Waals surface area contributed by atoms with E-state index in [9.17, 15) is 14.4 Å². The highest BCUT2D eigenvalue weighted by molar-refractivity contribution is 5.79. The van der Waals surface area contributed by atoms with Gasteiger partial charge >= 0.3 is 11.9 Å². The number of allylic oxidation sites excluding steroid dienone is 1. The van der Waals surface area contributed by atoms with Crippen LogP contribution in [0.25, 0.3) is 0 Å². The second-order valence-corrected chi connectivity index (χ2v) is 8.21. The number of rotatable bonds is 19. The van der Waals surface area contributed by atoms with E-state index in [4.69, 9.17) is 14.2 Å². The summed E-state index contributed by atoms with van der Waals surface area (Å²) in [5.74, 6) is -0.730. The van der Waals surface area contributed by atoms with E-state index >= 15 is 0 Å². The summed E-state index contributed by atoms with van der Waals surface area (Å²) in [4.78, 5) is 34.8. The molecule has 0 aromatic heterocycles. The number of cyclic esters (lactones) is 1. The van der Waals surface area contributed by atoms with Gasteiger partial charge in [-0.15, -0.1) is 0 Å². The first-order chi connectivity index (χ1) is 15.0. The van der Waals surface area contributed by atoms with Crippen LogP contribution in [0.4, 0.5) is 0 Å². The van der Waals surface area contributed by atoms with Crippen LogP contribution in [0.1, 0.15) is 85.0 Å². The Bertz CT molecular complexity index is 550. The van der Waals surface area contributed by atoms with E-state index in [1.54, 1.807) is 6.92 Å². The molecule has 7 heteroatoms. The maximum absolute atomic E-state index is 12.3. The summed E-state index contributed by atoms with van der Waals surface area (Å²) in [5.41, 5.74) is 0. The molecule has 1 saturated heterocycles. The van der Waals surface area contributed by atoms with E-state index in [1.165, 1.54) is 6.42 Å². The standard InChI is InChI=1S/C24H41NO6/c1-4-6-8-11-14-21-22(31-24(21)28)17-20(30-23(27)19(3)25-18-26)13-10-9-12-16-29-15-7-5-2/h9,12,18-22H,4-8,10-11,13-17H2,1-3H3,(H,25,26)/b12-9+/t19-,20?,21-,22?/m0/s1. The van der Waals surface area contributed by atoms with Crippen molar-refractivity contribution < 1.29 is 28.6 Å². The van der Waals surface area contributed by atoms with Gasteiger partial charge in [-0.1, -0.05) is 58.1 Å². The lowest BCUT2D eigenvalue weighted by Crippen LogP contribution is -2.47. The fourth-order valence-corrected chi connectivity index (χ4v) is 3.49. The normalized spacial score (nSPS) is 20.0. The van der Waals surface area contributed by atoms with Crippen LogP contribution in [-0.4, -0.2) is 49.8 Å². The van der Waals surface area contributed by atoms with Gasteiger partial charge in [0.2, 0.25) is 6.41 Å². The molecule has 4 atom stereocenters. The summed E-state index contributed by atoms with van der Waals surface area (Å²) in [5, 5.41) is 2.42. The van der Waals surface area contributed by atoms with Gasteiger partial charge in [0.05, 0.1) is 12.5 Å². The van der Waals surface area contributed by atoms with Crippen LogP contribution >= 0.6 is 0 Å². The molecule has 1 fully saturated rings. The van der Waals surface area contributed by atoms with Gasteiger partial charge in [0, 0.05) is 13.0 Å². The van der Waals surface area contributed by atoms with Crippen molar-refractivity contribution >= 4 is 18.3 Å². The molecule has 0 aliphatic carbocycles. The first-order valence-corrected chi connectivity index (χ1v) is 11.9. The van der Waals surface area contributed by atoms with Crippen molar-refractivity contribution in [3.8, 4) is 0 Å². The topological polar surface area (TPSA) is 90.9 Å². The molecule has 0 saturated carbocycles. The fraction of sp³-hybridized carbons (Fsp3) is 0.792. The highest BCUT2D eigenvalue weighted by Gasteiger charge is 2.43. The van der Waals surface area contributed by atoms with Crippen LogP contribution < -0.4 is 5.32 Å². The second kappa shape index (κ2) is 16.8. The van der Waals surface area contributed by atoms with Crippen molar-refractivity contribution in [3.63, 3.8) is 0 Å². The third-order valence-electron chi connectivity index (χ3n) is 5.52. The molecule has 1 N–H and O–H groups in total. The molecule has 0 bridgehead atoms. The van der Waals surface area contributed by atoms with Gasteiger partial charge in [-0.2, -0.15) is 0 Å². The maximum atomic E-state index is 12.3. The van der Waals surface area contributed by atoms with E-state index in [-0.39, 0.29) is 24.1 Å². The summed E-state index contributed by atoms with van der Waals surface area (Å²) < 4.78 is 16.5. The van der Waals surface area contributed by atoms with Crippen molar-refractivity contribution in [2.24, 2.45) is 5.92 Å². The lowest BCUT2D eigenvalue weighted by molar-refractivity contribution is -0.190. The average Bonchev–Trinajstić information content (AvgIpc) is 2.74. The number of nitrogens with one attached hydrogen (secondary N) is 1. The predicted octanol–water partition coefficient (Wildman–Crippen LogP) is 4.09. The van der Waals surface area contributed by atoms with Gasteiger partial charge in [-0.05, 0) is 32.6 Å². The number of carbonyl (C=O) groups excluding carboxylic acids is 3. The molecule has 1 heterocycles. The third-order valence-corrected chi connectivity index (χ3v) is 5.52. The Kier molecular flexibility index (Phi) is 14.7. The first kappa shape index (κ1) is 27.1. The molecule has 0 aromatic carbocycles. The summed E-state index contributed by atoms with van der Waals surface area (Å²) in [6.45, 7) is 7.20. The van der Waals surface area contributed by atoms with Gasteiger partial charge in [-0.25, -0.2) is 4.79 Å². The molecular weight excluding hydrogens is 398 g/mol. The Labute approximate surface area is 187 Å². The third kappa shape index (κ3) is 11.3. The molecule has 0 radical (unpaired) electrons. The number of ether oxygens (including phenoxy) is 3. The molecule has 2 unspecified atom stereocenters. The van der Waals surface area contributed by atoms with Gasteiger partial charge in [-0.3, -0.25) is 9.59 Å². The van der Waals surface area contributed by atoms with E-state index in [1.807, 2.05) is 12.2 Å². The minimum Gasteiger partial charge on any atom is -0.461 e. The molecule has 1 rings (SSSR count). The van der Waals surface area contributed by atoms with Crippen molar-refractivity contribution in [1.29, 1.82) is 0 Å². The summed E-state index contributed by atoms with van der Waals surface area (Å²) >= 11 is 0. The molecule has 1 aliphatic heterocycles. The highest BCUT2D eigenvalue weighted by atomic mass is 16.6. The molecule has 178 valence electrons. The van der Waals surface area contributed by atoms with Crippen molar-refractivity contribution in [1.82, 2.24) is 5.32 Å². The molecule has 31 heavy (non-hydrogen) atoms. The number of esters is 2. The van der Waals surface area contributed by atoms with E-state index < -0.39 is 12.0 Å². The predicted molar refractivity (Wildman–Crippen MR) is 119 cm³/mol. The Morgan fingerprint density at radius 1 is 1.16 bits per heavy atom. The van der Waals surface area contributed by atoms with Crippen LogP contribution in [0.15, 0.2) is 12.2 Å². The average molecular weight is 440 g/mol. The zero-order valence-corrected chi connectivity index (χ0v) is 19.5. The van der Waals surface area contributed by atoms with Crippen molar-refractivity contribution in [2.75, 3.05) is 13.2 Å². The zero-order chi connectivity index (χ0) is 22.9. The molecule has 0 spiro atoms. The maximum Gasteiger partial charge on any atom is 0.328 e. The summed E-state index contributed by atoms with van der Waals surface area (Å²) in [6, 6.07) is -0.712.